The molecule has 0 aliphatic rings. The van der Waals surface area contributed by atoms with Gasteiger partial charge in [0, 0.05) is 12.7 Å². The molecule has 0 saturated heterocycles. The molecule has 1 N–H and O–H groups in total. The Labute approximate surface area is 110 Å². The molecular weight excluding hydrogens is 275 g/mol. The summed E-state index contributed by atoms with van der Waals surface area (Å²) in [6.07, 6.45) is 1.49. The van der Waals surface area contributed by atoms with Crippen LogP contribution in [0.5, 0.6) is 5.75 Å². The smallest absolute Gasteiger partial charge is 0.303 e. The molecule has 0 aliphatic heterocycles. The highest BCUT2D eigenvalue weighted by molar-refractivity contribution is 7.90. The monoisotopic (exact) mass is 290 g/mol. The number of aliphatic carboxylic acids is 1. The van der Waals surface area contributed by atoms with E-state index in [1.807, 2.05) is 0 Å². The summed E-state index contributed by atoms with van der Waals surface area (Å²) >= 11 is 0. The molecule has 0 amide bonds. The van der Waals surface area contributed by atoms with Crippen molar-refractivity contribution >= 4 is 15.8 Å². The first-order valence-corrected chi connectivity index (χ1v) is 7.43. The number of aryl methyl sites for hydroxylation is 1. The van der Waals surface area contributed by atoms with Crippen LogP contribution in [0.3, 0.4) is 0 Å². The second-order valence-electron chi connectivity index (χ2n) is 4.09. The van der Waals surface area contributed by atoms with Crippen molar-refractivity contribution in [2.75, 3.05) is 13.4 Å². The Bertz CT molecular complexity index is 580. The fraction of sp³-hybridized carbons (Fsp3) is 0.417. The van der Waals surface area contributed by atoms with Crippen molar-refractivity contribution < 1.29 is 27.4 Å². The minimum atomic E-state index is -3.67. The summed E-state index contributed by atoms with van der Waals surface area (Å²) in [4.78, 5) is 9.99. The van der Waals surface area contributed by atoms with Gasteiger partial charge in [-0.15, -0.1) is 0 Å². The number of hydrogen-bond acceptors (Lipinski definition) is 4. The highest BCUT2D eigenvalue weighted by Gasteiger charge is 2.20. The van der Waals surface area contributed by atoms with Gasteiger partial charge in [0.1, 0.15) is 4.90 Å². The van der Waals surface area contributed by atoms with Gasteiger partial charge in [-0.1, -0.05) is 6.07 Å². The molecule has 0 fully saturated rings. The van der Waals surface area contributed by atoms with Gasteiger partial charge in [0.05, 0.1) is 7.11 Å². The van der Waals surface area contributed by atoms with Gasteiger partial charge in [0.25, 0.3) is 0 Å². The first kappa shape index (κ1) is 15.4. The first-order chi connectivity index (χ1) is 8.77. The van der Waals surface area contributed by atoms with Gasteiger partial charge in [-0.2, -0.15) is 0 Å². The lowest BCUT2D eigenvalue weighted by molar-refractivity contribution is -0.137. The third kappa shape index (κ3) is 3.92. The zero-order valence-electron chi connectivity index (χ0n) is 10.6. The standard InChI is InChI=1S/C12H15FO5S/c1-18-12-8(4-3-5-10(14)15)6-7-9(11(12)13)19(2,16)17/h6-7H,3-5H2,1-2H3,(H,14,15). The van der Waals surface area contributed by atoms with E-state index in [2.05, 4.69) is 0 Å². The maximum atomic E-state index is 14.0. The van der Waals surface area contributed by atoms with E-state index in [1.54, 1.807) is 0 Å². The maximum Gasteiger partial charge on any atom is 0.303 e. The molecule has 106 valence electrons. The predicted octanol–water partition coefficient (Wildman–Crippen LogP) is 1.65. The average Bonchev–Trinajstić information content (AvgIpc) is 2.27. The Hall–Kier alpha value is -1.63. The molecule has 1 aromatic rings. The SMILES string of the molecule is COc1c(CCCC(=O)O)ccc(S(C)(=O)=O)c1F. The lowest BCUT2D eigenvalue weighted by Crippen LogP contribution is -2.05. The average molecular weight is 290 g/mol. The minimum absolute atomic E-state index is 0.0431. The Morgan fingerprint density at radius 1 is 1.42 bits per heavy atom. The van der Waals surface area contributed by atoms with Crippen LogP contribution in [0.2, 0.25) is 0 Å². The van der Waals surface area contributed by atoms with Crippen molar-refractivity contribution in [1.29, 1.82) is 0 Å². The quantitative estimate of drug-likeness (QED) is 0.861. The van der Waals surface area contributed by atoms with Gasteiger partial charge < -0.3 is 9.84 Å². The number of benzene rings is 1. The summed E-state index contributed by atoms with van der Waals surface area (Å²) < 4.78 is 41.6. The summed E-state index contributed by atoms with van der Waals surface area (Å²) in [6.45, 7) is 0. The number of halogens is 1. The van der Waals surface area contributed by atoms with Crippen molar-refractivity contribution in [3.63, 3.8) is 0 Å². The van der Waals surface area contributed by atoms with Gasteiger partial charge in [0.15, 0.2) is 21.4 Å². The number of carboxylic acid groups (broad SMARTS) is 1. The summed E-state index contributed by atoms with van der Waals surface area (Å²) in [5, 5.41) is 8.54. The van der Waals surface area contributed by atoms with Crippen LogP contribution >= 0.6 is 0 Å². The van der Waals surface area contributed by atoms with Crippen molar-refractivity contribution in [1.82, 2.24) is 0 Å². The normalized spacial score (nSPS) is 11.3. The first-order valence-electron chi connectivity index (χ1n) is 5.54. The molecule has 0 aromatic heterocycles. The largest absolute Gasteiger partial charge is 0.493 e. The lowest BCUT2D eigenvalue weighted by Gasteiger charge is -2.11. The van der Waals surface area contributed by atoms with Crippen LogP contribution in [-0.2, 0) is 21.1 Å². The second-order valence-corrected chi connectivity index (χ2v) is 6.07. The zero-order chi connectivity index (χ0) is 14.6. The second kappa shape index (κ2) is 6.01. The minimum Gasteiger partial charge on any atom is -0.493 e. The van der Waals surface area contributed by atoms with Crippen molar-refractivity contribution in [2.24, 2.45) is 0 Å². The Balaban J connectivity index is 3.09. The number of carbonyl (C=O) groups is 1. The van der Waals surface area contributed by atoms with Gasteiger partial charge in [-0.05, 0) is 24.5 Å². The highest BCUT2D eigenvalue weighted by Crippen LogP contribution is 2.29. The topological polar surface area (TPSA) is 80.7 Å². The van der Waals surface area contributed by atoms with Crippen LogP contribution in [0.4, 0.5) is 4.39 Å². The molecule has 5 nitrogen and oxygen atoms in total. The zero-order valence-corrected chi connectivity index (χ0v) is 11.5. The van der Waals surface area contributed by atoms with Crippen LogP contribution in [0.25, 0.3) is 0 Å². The van der Waals surface area contributed by atoms with Gasteiger partial charge in [-0.3, -0.25) is 4.79 Å². The van der Waals surface area contributed by atoms with E-state index in [9.17, 15) is 17.6 Å². The molecule has 0 spiro atoms. The molecule has 0 bridgehead atoms. The van der Waals surface area contributed by atoms with E-state index in [0.29, 0.717) is 18.4 Å². The van der Waals surface area contributed by atoms with E-state index in [4.69, 9.17) is 9.84 Å². The maximum absolute atomic E-state index is 14.0. The molecular formula is C12H15FO5S. The molecule has 1 rings (SSSR count). The van der Waals surface area contributed by atoms with Gasteiger partial charge in [-0.25, -0.2) is 12.8 Å². The number of hydrogen-bond donors (Lipinski definition) is 1. The van der Waals surface area contributed by atoms with Gasteiger partial charge in [0.2, 0.25) is 0 Å². The number of ether oxygens (including phenoxy) is 1. The molecule has 0 atom stereocenters. The molecule has 0 aliphatic carbocycles. The van der Waals surface area contributed by atoms with Crippen LogP contribution in [0.1, 0.15) is 18.4 Å². The summed E-state index contributed by atoms with van der Waals surface area (Å²) in [5.41, 5.74) is 0.452. The van der Waals surface area contributed by atoms with Crippen LogP contribution in [0.15, 0.2) is 17.0 Å². The fourth-order valence-electron chi connectivity index (χ4n) is 1.71. The fourth-order valence-corrected chi connectivity index (χ4v) is 2.45. The van der Waals surface area contributed by atoms with E-state index in [-0.39, 0.29) is 12.2 Å². The summed E-state index contributed by atoms with van der Waals surface area (Å²) in [5.74, 6) is -2.02. The Morgan fingerprint density at radius 3 is 2.53 bits per heavy atom. The molecule has 0 radical (unpaired) electrons. The Morgan fingerprint density at radius 2 is 2.05 bits per heavy atom. The highest BCUT2D eigenvalue weighted by atomic mass is 32.2. The van der Waals surface area contributed by atoms with E-state index in [1.165, 1.54) is 19.2 Å². The molecule has 1 aromatic carbocycles. The third-order valence-corrected chi connectivity index (χ3v) is 3.70. The van der Waals surface area contributed by atoms with Crippen molar-refractivity contribution in [3.8, 4) is 5.75 Å². The third-order valence-electron chi connectivity index (χ3n) is 2.58. The molecule has 19 heavy (non-hydrogen) atoms. The molecule has 0 saturated carbocycles. The summed E-state index contributed by atoms with van der Waals surface area (Å²) in [7, 11) is -2.42. The Kier molecular flexibility index (Phi) is 4.88. The van der Waals surface area contributed by atoms with E-state index < -0.39 is 26.5 Å². The van der Waals surface area contributed by atoms with Gasteiger partial charge >= 0.3 is 5.97 Å². The molecule has 7 heteroatoms. The number of carboxylic acids is 1. The number of rotatable bonds is 6. The molecule has 0 heterocycles. The van der Waals surface area contributed by atoms with E-state index >= 15 is 0 Å². The predicted molar refractivity (Wildman–Crippen MR) is 66.6 cm³/mol. The van der Waals surface area contributed by atoms with Crippen LogP contribution in [0, 0.1) is 5.82 Å². The van der Waals surface area contributed by atoms with Crippen LogP contribution < -0.4 is 4.74 Å². The lowest BCUT2D eigenvalue weighted by atomic mass is 10.1. The van der Waals surface area contributed by atoms with Crippen molar-refractivity contribution in [2.45, 2.75) is 24.2 Å². The number of methoxy groups -OCH3 is 1. The summed E-state index contributed by atoms with van der Waals surface area (Å²) in [6, 6.07) is 2.61. The number of sulfone groups is 1. The van der Waals surface area contributed by atoms with Crippen molar-refractivity contribution in [3.05, 3.63) is 23.5 Å². The molecule has 0 unspecified atom stereocenters. The van der Waals surface area contributed by atoms with Crippen LogP contribution in [-0.4, -0.2) is 32.9 Å². The van der Waals surface area contributed by atoms with E-state index in [0.717, 1.165) is 6.26 Å².